The lowest BCUT2D eigenvalue weighted by molar-refractivity contribution is -0.125. The number of ether oxygens (including phenoxy) is 1. The third-order valence-electron chi connectivity index (χ3n) is 4.95. The van der Waals surface area contributed by atoms with Gasteiger partial charge >= 0.3 is 0 Å². The molecule has 6 heteroatoms. The molecule has 1 unspecified atom stereocenters. The average Bonchev–Trinajstić information content (AvgIpc) is 2.72. The number of nitrogens with zero attached hydrogens (tertiary/aromatic N) is 1. The minimum absolute atomic E-state index is 0.00450. The second-order valence-corrected chi connectivity index (χ2v) is 8.14. The number of nitrogens with one attached hydrogen (secondary N) is 1. The molecule has 154 valence electrons. The van der Waals surface area contributed by atoms with Gasteiger partial charge in [0, 0.05) is 35.6 Å². The molecule has 0 aliphatic carbocycles. The van der Waals surface area contributed by atoms with Crippen LogP contribution in [0, 0.1) is 5.92 Å². The monoisotopic (exact) mass is 414 g/mol. The van der Waals surface area contributed by atoms with Gasteiger partial charge in [-0.2, -0.15) is 0 Å². The van der Waals surface area contributed by atoms with E-state index in [-0.39, 0.29) is 23.8 Å². The topological polar surface area (TPSA) is 58.6 Å². The molecule has 0 aromatic heterocycles. The molecule has 1 N–H and O–H groups in total. The van der Waals surface area contributed by atoms with Crippen LogP contribution in [0.25, 0.3) is 0 Å². The summed E-state index contributed by atoms with van der Waals surface area (Å²) in [6.45, 7) is 5.35. The summed E-state index contributed by atoms with van der Waals surface area (Å²) < 4.78 is 5.84. The van der Waals surface area contributed by atoms with Gasteiger partial charge in [0.1, 0.15) is 12.4 Å². The summed E-state index contributed by atoms with van der Waals surface area (Å²) in [5, 5.41) is 3.71. The molecule has 1 aliphatic heterocycles. The van der Waals surface area contributed by atoms with Crippen molar-refractivity contribution in [3.8, 4) is 5.75 Å². The first-order valence-corrected chi connectivity index (χ1v) is 10.4. The van der Waals surface area contributed by atoms with Crippen LogP contribution in [-0.4, -0.2) is 35.8 Å². The predicted molar refractivity (Wildman–Crippen MR) is 114 cm³/mol. The van der Waals surface area contributed by atoms with E-state index in [9.17, 15) is 9.59 Å². The number of benzene rings is 2. The second kappa shape index (κ2) is 9.79. The largest absolute Gasteiger partial charge is 0.489 e. The van der Waals surface area contributed by atoms with Crippen LogP contribution in [0.2, 0.25) is 5.02 Å². The van der Waals surface area contributed by atoms with E-state index in [1.807, 2.05) is 55.1 Å². The van der Waals surface area contributed by atoms with Crippen LogP contribution in [0.4, 0.5) is 0 Å². The van der Waals surface area contributed by atoms with Crippen LogP contribution in [0.3, 0.4) is 0 Å². The number of piperidine rings is 1. The Balaban J connectivity index is 1.61. The van der Waals surface area contributed by atoms with Crippen LogP contribution >= 0.6 is 11.6 Å². The van der Waals surface area contributed by atoms with Gasteiger partial charge in [0.2, 0.25) is 5.91 Å². The number of hydrogen-bond donors (Lipinski definition) is 1. The van der Waals surface area contributed by atoms with Gasteiger partial charge in [-0.25, -0.2) is 0 Å². The summed E-state index contributed by atoms with van der Waals surface area (Å²) in [4.78, 5) is 26.8. The Morgan fingerprint density at radius 1 is 1.21 bits per heavy atom. The molecule has 1 saturated heterocycles. The fourth-order valence-electron chi connectivity index (χ4n) is 3.34. The van der Waals surface area contributed by atoms with Crippen LogP contribution in [0.1, 0.15) is 42.6 Å². The molecule has 2 amide bonds. The van der Waals surface area contributed by atoms with Crippen LogP contribution < -0.4 is 10.1 Å². The number of halogens is 1. The van der Waals surface area contributed by atoms with Crippen molar-refractivity contribution in [2.24, 2.45) is 5.92 Å². The summed E-state index contributed by atoms with van der Waals surface area (Å²) in [6.07, 6.45) is 1.77. The lowest BCUT2D eigenvalue weighted by atomic mass is 10.0. The molecule has 1 atom stereocenters. The number of carbonyl (C=O) groups is 2. The molecule has 2 aromatic rings. The van der Waals surface area contributed by atoms with E-state index in [4.69, 9.17) is 16.3 Å². The molecule has 5 nitrogen and oxygen atoms in total. The highest BCUT2D eigenvalue weighted by atomic mass is 35.5. The average molecular weight is 415 g/mol. The van der Waals surface area contributed by atoms with Gasteiger partial charge in [-0.15, -0.1) is 0 Å². The fraction of sp³-hybridized carbons (Fsp3) is 0.391. The number of carbonyl (C=O) groups excluding carboxylic acids is 2. The Bertz CT molecular complexity index is 869. The fourth-order valence-corrected chi connectivity index (χ4v) is 3.56. The smallest absolute Gasteiger partial charge is 0.254 e. The van der Waals surface area contributed by atoms with Crippen LogP contribution in [-0.2, 0) is 11.4 Å². The normalized spacial score (nSPS) is 16.6. The molecule has 3 rings (SSSR count). The number of hydrogen-bond acceptors (Lipinski definition) is 3. The molecule has 1 heterocycles. The molecule has 1 fully saturated rings. The van der Waals surface area contributed by atoms with Gasteiger partial charge in [-0.3, -0.25) is 9.59 Å². The van der Waals surface area contributed by atoms with E-state index in [1.165, 1.54) is 0 Å². The third kappa shape index (κ3) is 5.97. The quantitative estimate of drug-likeness (QED) is 0.766. The van der Waals surface area contributed by atoms with Crippen molar-refractivity contribution in [3.63, 3.8) is 0 Å². The summed E-state index contributed by atoms with van der Waals surface area (Å²) >= 11 is 6.01. The van der Waals surface area contributed by atoms with Gasteiger partial charge in [-0.1, -0.05) is 43.6 Å². The van der Waals surface area contributed by atoms with Crippen molar-refractivity contribution in [1.82, 2.24) is 10.2 Å². The number of rotatable bonds is 6. The molecular weight excluding hydrogens is 388 g/mol. The van der Waals surface area contributed by atoms with Crippen molar-refractivity contribution < 1.29 is 14.3 Å². The Morgan fingerprint density at radius 2 is 2.00 bits per heavy atom. The minimum atomic E-state index is -0.0607. The molecule has 1 aliphatic rings. The van der Waals surface area contributed by atoms with Crippen molar-refractivity contribution in [1.29, 1.82) is 0 Å². The first-order valence-electron chi connectivity index (χ1n) is 9.99. The van der Waals surface area contributed by atoms with E-state index in [1.54, 1.807) is 12.1 Å². The highest BCUT2D eigenvalue weighted by Crippen LogP contribution is 2.20. The van der Waals surface area contributed by atoms with Crippen LogP contribution in [0.5, 0.6) is 5.75 Å². The zero-order chi connectivity index (χ0) is 20.8. The lowest BCUT2D eigenvalue weighted by Gasteiger charge is -2.33. The molecule has 0 spiro atoms. The lowest BCUT2D eigenvalue weighted by Crippen LogP contribution is -2.50. The Hall–Kier alpha value is -2.53. The zero-order valence-corrected chi connectivity index (χ0v) is 17.6. The number of likely N-dealkylation sites (tertiary alicyclic amines) is 1. The van der Waals surface area contributed by atoms with Crippen LogP contribution in [0.15, 0.2) is 48.5 Å². The molecular formula is C23H27ClN2O3. The standard InChI is InChI=1S/C23H27ClN2O3/c1-16(2)22(27)25-20-9-5-11-26(14-20)23(28)18-7-4-10-21(13-18)29-15-17-6-3-8-19(24)12-17/h3-4,6-8,10,12-13,16,20H,5,9,11,14-15H2,1-2H3,(H,25,27). The summed E-state index contributed by atoms with van der Waals surface area (Å²) in [6, 6.07) is 14.7. The van der Waals surface area contributed by atoms with Crippen molar-refractivity contribution in [2.45, 2.75) is 39.3 Å². The zero-order valence-electron chi connectivity index (χ0n) is 16.9. The van der Waals surface area contributed by atoms with Crippen molar-refractivity contribution in [3.05, 3.63) is 64.7 Å². The van der Waals surface area contributed by atoms with Gasteiger partial charge in [0.15, 0.2) is 0 Å². The van der Waals surface area contributed by atoms with E-state index in [0.29, 0.717) is 36.0 Å². The highest BCUT2D eigenvalue weighted by molar-refractivity contribution is 6.30. The SMILES string of the molecule is CC(C)C(=O)NC1CCCN(C(=O)c2cccc(OCc3cccc(Cl)c3)c2)C1. The molecule has 0 radical (unpaired) electrons. The summed E-state index contributed by atoms with van der Waals surface area (Å²) in [7, 11) is 0. The summed E-state index contributed by atoms with van der Waals surface area (Å²) in [5.41, 5.74) is 1.55. The molecule has 2 aromatic carbocycles. The Labute approximate surface area is 177 Å². The van der Waals surface area contributed by atoms with Crippen molar-refractivity contribution in [2.75, 3.05) is 13.1 Å². The third-order valence-corrected chi connectivity index (χ3v) is 5.19. The van der Waals surface area contributed by atoms with E-state index < -0.39 is 0 Å². The minimum Gasteiger partial charge on any atom is -0.489 e. The van der Waals surface area contributed by atoms with Crippen molar-refractivity contribution >= 4 is 23.4 Å². The van der Waals surface area contributed by atoms with Gasteiger partial charge in [-0.05, 0) is 48.7 Å². The van der Waals surface area contributed by atoms with Gasteiger partial charge in [0.05, 0.1) is 0 Å². The Kier molecular flexibility index (Phi) is 7.15. The van der Waals surface area contributed by atoms with Gasteiger partial charge < -0.3 is 15.0 Å². The second-order valence-electron chi connectivity index (χ2n) is 7.70. The van der Waals surface area contributed by atoms with E-state index >= 15 is 0 Å². The van der Waals surface area contributed by atoms with E-state index in [0.717, 1.165) is 18.4 Å². The molecule has 0 bridgehead atoms. The predicted octanol–water partition coefficient (Wildman–Crippen LogP) is 4.30. The highest BCUT2D eigenvalue weighted by Gasteiger charge is 2.26. The Morgan fingerprint density at radius 3 is 2.76 bits per heavy atom. The van der Waals surface area contributed by atoms with Gasteiger partial charge in [0.25, 0.3) is 5.91 Å². The molecule has 0 saturated carbocycles. The first-order chi connectivity index (χ1) is 13.9. The first kappa shape index (κ1) is 21.2. The maximum absolute atomic E-state index is 13.0. The maximum atomic E-state index is 13.0. The molecule has 29 heavy (non-hydrogen) atoms. The summed E-state index contributed by atoms with van der Waals surface area (Å²) in [5.74, 6) is 0.564. The maximum Gasteiger partial charge on any atom is 0.254 e. The number of amides is 2. The van der Waals surface area contributed by atoms with E-state index in [2.05, 4.69) is 5.32 Å².